The van der Waals surface area contributed by atoms with Gasteiger partial charge in [0.1, 0.15) is 5.82 Å². The molecule has 0 N–H and O–H groups in total. The van der Waals surface area contributed by atoms with Crippen molar-refractivity contribution in [3.05, 3.63) is 65.0 Å². The van der Waals surface area contributed by atoms with Crippen molar-refractivity contribution in [1.82, 2.24) is 4.31 Å². The lowest BCUT2D eigenvalue weighted by Gasteiger charge is -2.39. The number of esters is 3. The highest BCUT2D eigenvalue weighted by Crippen LogP contribution is 2.43. The highest BCUT2D eigenvalue weighted by molar-refractivity contribution is 7.89. The van der Waals surface area contributed by atoms with Crippen molar-refractivity contribution in [3.8, 4) is 0 Å². The third-order valence-electron chi connectivity index (χ3n) is 6.22. The van der Waals surface area contributed by atoms with Gasteiger partial charge < -0.3 is 14.2 Å². The number of methoxy groups -OCH3 is 2. The average molecular weight is 536 g/mol. The molecule has 0 bridgehead atoms. The van der Waals surface area contributed by atoms with E-state index in [9.17, 15) is 27.6 Å². The van der Waals surface area contributed by atoms with E-state index in [2.05, 4.69) is 0 Å². The maximum absolute atomic E-state index is 15.3. The van der Waals surface area contributed by atoms with E-state index in [4.69, 9.17) is 14.2 Å². The predicted octanol–water partition coefficient (Wildman–Crippen LogP) is 2.02. The molecule has 0 fully saturated rings. The molecule has 1 atom stereocenters. The third kappa shape index (κ3) is 4.68. The molecule has 0 aromatic heterocycles. The van der Waals surface area contributed by atoms with Gasteiger partial charge in [0.05, 0.1) is 38.2 Å². The zero-order valence-corrected chi connectivity index (χ0v) is 21.5. The second-order valence-corrected chi connectivity index (χ2v) is 10.1. The van der Waals surface area contributed by atoms with Gasteiger partial charge in [0, 0.05) is 12.0 Å². The van der Waals surface area contributed by atoms with Gasteiger partial charge in [-0.1, -0.05) is 29.8 Å². The van der Waals surface area contributed by atoms with Crippen LogP contribution in [0.1, 0.15) is 30.0 Å². The van der Waals surface area contributed by atoms with Crippen LogP contribution in [0, 0.1) is 18.7 Å². The van der Waals surface area contributed by atoms with Crippen LogP contribution in [0.2, 0.25) is 0 Å². The van der Waals surface area contributed by atoms with Crippen LogP contribution in [-0.2, 0) is 55.4 Å². The minimum atomic E-state index is -4.54. The molecular weight excluding hydrogens is 509 g/mol. The highest BCUT2D eigenvalue weighted by atomic mass is 32.2. The minimum absolute atomic E-state index is 0.191. The quantitative estimate of drug-likeness (QED) is 0.309. The monoisotopic (exact) mass is 535 g/mol. The summed E-state index contributed by atoms with van der Waals surface area (Å²) in [6.45, 7) is 2.15. The van der Waals surface area contributed by atoms with Crippen LogP contribution in [0.4, 0.5) is 4.39 Å². The Morgan fingerprint density at radius 3 is 2.19 bits per heavy atom. The van der Waals surface area contributed by atoms with Crippen molar-refractivity contribution in [2.75, 3.05) is 20.8 Å². The van der Waals surface area contributed by atoms with Crippen LogP contribution in [-0.4, -0.2) is 57.4 Å². The molecule has 1 amide bonds. The number of ether oxygens (including phenoxy) is 3. The average Bonchev–Trinajstić information content (AvgIpc) is 2.86. The van der Waals surface area contributed by atoms with Gasteiger partial charge in [-0.05, 0) is 37.6 Å². The molecule has 1 aliphatic rings. The van der Waals surface area contributed by atoms with Gasteiger partial charge in [0.15, 0.2) is 0 Å². The van der Waals surface area contributed by atoms with E-state index in [0.717, 1.165) is 25.8 Å². The first-order valence-corrected chi connectivity index (χ1v) is 12.6. The molecule has 0 unspecified atom stereocenters. The fourth-order valence-electron chi connectivity index (χ4n) is 4.41. The van der Waals surface area contributed by atoms with E-state index in [0.29, 0.717) is 4.31 Å². The Morgan fingerprint density at radius 2 is 1.65 bits per heavy atom. The number of hydrogen-bond donors (Lipinski definition) is 0. The van der Waals surface area contributed by atoms with Crippen molar-refractivity contribution in [2.45, 2.75) is 37.1 Å². The fraction of sp³-hybridized carbons (Fsp3) is 0.360. The van der Waals surface area contributed by atoms with Crippen molar-refractivity contribution in [2.24, 2.45) is 5.92 Å². The summed E-state index contributed by atoms with van der Waals surface area (Å²) >= 11 is 0. The van der Waals surface area contributed by atoms with Gasteiger partial charge in [-0.25, -0.2) is 17.1 Å². The van der Waals surface area contributed by atoms with Gasteiger partial charge in [-0.15, -0.1) is 0 Å². The molecule has 0 aliphatic carbocycles. The van der Waals surface area contributed by atoms with E-state index in [1.54, 1.807) is 6.92 Å². The molecule has 2 aromatic rings. The molecule has 198 valence electrons. The number of aryl methyl sites for hydroxylation is 1. The molecule has 0 spiro atoms. The van der Waals surface area contributed by atoms with Crippen molar-refractivity contribution < 1.29 is 46.2 Å². The molecule has 1 heterocycles. The second-order valence-electron chi connectivity index (χ2n) is 8.28. The fourth-order valence-corrected chi connectivity index (χ4v) is 5.78. The summed E-state index contributed by atoms with van der Waals surface area (Å²) in [6.07, 6.45) is -0.954. The normalized spacial score (nSPS) is 17.2. The van der Waals surface area contributed by atoms with Crippen molar-refractivity contribution in [1.29, 1.82) is 0 Å². The number of carbonyl (C=O) groups excluding carboxylic acids is 4. The van der Waals surface area contributed by atoms with Crippen molar-refractivity contribution >= 4 is 33.8 Å². The molecular formula is C25H26FNO9S. The van der Waals surface area contributed by atoms with Crippen LogP contribution in [0.5, 0.6) is 0 Å². The van der Waals surface area contributed by atoms with Crippen LogP contribution >= 0.6 is 0 Å². The summed E-state index contributed by atoms with van der Waals surface area (Å²) in [5.41, 5.74) is -2.74. The van der Waals surface area contributed by atoms with E-state index >= 15 is 4.39 Å². The minimum Gasteiger partial charge on any atom is -0.468 e. The van der Waals surface area contributed by atoms with E-state index in [1.165, 1.54) is 43.3 Å². The predicted molar refractivity (Wildman–Crippen MR) is 126 cm³/mol. The number of carbonyl (C=O) groups is 4. The molecule has 3 rings (SSSR count). The van der Waals surface area contributed by atoms with Gasteiger partial charge in [0.25, 0.3) is 10.0 Å². The lowest BCUT2D eigenvalue weighted by molar-refractivity contribution is -0.174. The number of benzene rings is 2. The first-order chi connectivity index (χ1) is 17.5. The number of amides is 1. The Balaban J connectivity index is 2.39. The zero-order chi connectivity index (χ0) is 27.5. The van der Waals surface area contributed by atoms with E-state index in [-0.39, 0.29) is 17.1 Å². The molecule has 10 nitrogen and oxygen atoms in total. The van der Waals surface area contributed by atoms with Crippen LogP contribution in [0.25, 0.3) is 0 Å². The number of halogens is 1. The zero-order valence-electron chi connectivity index (χ0n) is 20.6. The second kappa shape index (κ2) is 10.7. The number of hydrogen-bond acceptors (Lipinski definition) is 9. The molecule has 0 radical (unpaired) electrons. The van der Waals surface area contributed by atoms with Gasteiger partial charge >= 0.3 is 17.9 Å². The van der Waals surface area contributed by atoms with Crippen LogP contribution < -0.4 is 0 Å². The number of rotatable bonds is 6. The molecule has 37 heavy (non-hydrogen) atoms. The van der Waals surface area contributed by atoms with E-state index < -0.39 is 69.5 Å². The number of nitrogens with zero attached hydrogens (tertiary/aromatic N) is 1. The maximum atomic E-state index is 15.3. The third-order valence-corrected chi connectivity index (χ3v) is 8.00. The highest BCUT2D eigenvalue weighted by Gasteiger charge is 2.62. The van der Waals surface area contributed by atoms with Gasteiger partial charge in [-0.3, -0.25) is 19.2 Å². The summed E-state index contributed by atoms with van der Waals surface area (Å²) in [7, 11) is -2.65. The molecule has 2 aromatic carbocycles. The first-order valence-electron chi connectivity index (χ1n) is 11.2. The molecule has 1 aliphatic heterocycles. The smallest absolute Gasteiger partial charge is 0.328 e. The first kappa shape index (κ1) is 27.8. The van der Waals surface area contributed by atoms with Gasteiger partial charge in [-0.2, -0.15) is 0 Å². The molecule has 12 heteroatoms. The summed E-state index contributed by atoms with van der Waals surface area (Å²) < 4.78 is 57.6. The molecule has 0 saturated heterocycles. The van der Waals surface area contributed by atoms with E-state index in [1.807, 2.05) is 0 Å². The van der Waals surface area contributed by atoms with Crippen LogP contribution in [0.15, 0.2) is 47.4 Å². The van der Waals surface area contributed by atoms with Crippen LogP contribution in [0.3, 0.4) is 0 Å². The number of fused-ring (bicyclic) bond motifs is 1. The Bertz CT molecular complexity index is 1320. The number of sulfonamides is 1. The summed E-state index contributed by atoms with van der Waals surface area (Å²) in [5.74, 6) is -7.88. The lowest BCUT2D eigenvalue weighted by atomic mass is 9.66. The van der Waals surface area contributed by atoms with Gasteiger partial charge in [0.2, 0.25) is 11.3 Å². The Labute approximate surface area is 213 Å². The Hall–Kier alpha value is -3.80. The summed E-state index contributed by atoms with van der Waals surface area (Å²) in [5, 5.41) is 0. The standard InChI is InChI=1S/C25H26FNO9S/c1-5-36-22(29)19-13-21(28)27(37(32,33)16-11-9-15(2)10-12-16)14-17-18(7-6-8-20(17)26)25(19,23(30)34-3)24(31)35-4/h6-12,19H,5,13-14H2,1-4H3/t19-/m0/s1. The SMILES string of the molecule is CCOC(=O)[C@@H]1CC(=O)N(S(=O)(=O)c2ccc(C)cc2)Cc2c(F)cccc2C1(C(=O)OC)C(=O)OC. The summed E-state index contributed by atoms with van der Waals surface area (Å²) in [4.78, 5) is 53.0. The Morgan fingerprint density at radius 1 is 1.05 bits per heavy atom. The van der Waals surface area contributed by atoms with Crippen molar-refractivity contribution in [3.63, 3.8) is 0 Å². The Kier molecular flexibility index (Phi) is 8.01. The lowest BCUT2D eigenvalue weighted by Crippen LogP contribution is -2.57. The largest absolute Gasteiger partial charge is 0.468 e. The summed E-state index contributed by atoms with van der Waals surface area (Å²) in [6, 6.07) is 8.96. The topological polar surface area (TPSA) is 133 Å². The molecule has 0 saturated carbocycles. The maximum Gasteiger partial charge on any atom is 0.328 e.